The zero-order valence-electron chi connectivity index (χ0n) is 11.2. The molecule has 0 aromatic heterocycles. The van der Waals surface area contributed by atoms with Crippen LogP contribution in [0.15, 0.2) is 18.2 Å². The summed E-state index contributed by atoms with van der Waals surface area (Å²) in [6, 6.07) is 6.44. The van der Waals surface area contributed by atoms with Crippen molar-refractivity contribution in [2.24, 2.45) is 0 Å². The van der Waals surface area contributed by atoms with Crippen molar-refractivity contribution in [1.82, 2.24) is 5.32 Å². The summed E-state index contributed by atoms with van der Waals surface area (Å²) in [5, 5.41) is 3.12. The van der Waals surface area contributed by atoms with Crippen molar-refractivity contribution in [3.05, 3.63) is 29.3 Å². The summed E-state index contributed by atoms with van der Waals surface area (Å²) in [6.07, 6.45) is 4.45. The topological polar surface area (TPSA) is 38.3 Å². The first kappa shape index (κ1) is 12.9. The number of benzene rings is 1. The van der Waals surface area contributed by atoms with E-state index in [-0.39, 0.29) is 11.9 Å². The van der Waals surface area contributed by atoms with Crippen LogP contribution in [0.25, 0.3) is 0 Å². The molecule has 2 rings (SSSR count). The van der Waals surface area contributed by atoms with Gasteiger partial charge in [0, 0.05) is 12.5 Å². The number of hydrogen-bond donors (Lipinski definition) is 1. The van der Waals surface area contributed by atoms with E-state index in [1.807, 2.05) is 19.1 Å². The summed E-state index contributed by atoms with van der Waals surface area (Å²) in [7, 11) is 1.70. The van der Waals surface area contributed by atoms with Crippen LogP contribution < -0.4 is 10.1 Å². The highest BCUT2D eigenvalue weighted by atomic mass is 16.5. The van der Waals surface area contributed by atoms with Gasteiger partial charge in [0.25, 0.3) is 0 Å². The minimum atomic E-state index is 0.167. The summed E-state index contributed by atoms with van der Waals surface area (Å²) >= 11 is 0. The standard InChI is InChI=1S/C15H21NO2/c1-3-5-15(17)16-12-9-8-11-6-4-7-14(18-2)13(11)10-12/h4,6-7,12H,3,5,8-10H2,1-2H3,(H,16,17). The minimum absolute atomic E-state index is 0.167. The lowest BCUT2D eigenvalue weighted by Gasteiger charge is -2.26. The predicted molar refractivity (Wildman–Crippen MR) is 71.9 cm³/mol. The first-order valence-electron chi connectivity index (χ1n) is 6.68. The van der Waals surface area contributed by atoms with Crippen molar-refractivity contribution in [3.8, 4) is 5.75 Å². The zero-order valence-corrected chi connectivity index (χ0v) is 11.2. The van der Waals surface area contributed by atoms with Crippen LogP contribution in [-0.2, 0) is 17.6 Å². The van der Waals surface area contributed by atoms with Crippen molar-refractivity contribution in [3.63, 3.8) is 0 Å². The fourth-order valence-electron chi connectivity index (χ4n) is 2.60. The molecule has 1 aliphatic rings. The maximum absolute atomic E-state index is 11.6. The van der Waals surface area contributed by atoms with Crippen LogP contribution in [0.4, 0.5) is 0 Å². The molecule has 1 amide bonds. The summed E-state index contributed by atoms with van der Waals surface area (Å²) in [5.74, 6) is 1.11. The number of aryl methyl sites for hydroxylation is 1. The van der Waals surface area contributed by atoms with Gasteiger partial charge in [-0.05, 0) is 42.9 Å². The molecule has 0 fully saturated rings. The molecule has 0 heterocycles. The highest BCUT2D eigenvalue weighted by Crippen LogP contribution is 2.29. The summed E-state index contributed by atoms with van der Waals surface area (Å²) in [5.41, 5.74) is 2.61. The number of rotatable bonds is 4. The monoisotopic (exact) mass is 247 g/mol. The average Bonchev–Trinajstić information content (AvgIpc) is 2.38. The Bertz CT molecular complexity index is 414. The van der Waals surface area contributed by atoms with E-state index in [1.165, 1.54) is 11.1 Å². The number of nitrogens with one attached hydrogen (secondary N) is 1. The van der Waals surface area contributed by atoms with Gasteiger partial charge in [-0.2, -0.15) is 0 Å². The maximum atomic E-state index is 11.6. The van der Waals surface area contributed by atoms with Crippen molar-refractivity contribution >= 4 is 5.91 Å². The Morgan fingerprint density at radius 3 is 3.06 bits per heavy atom. The van der Waals surface area contributed by atoms with Crippen LogP contribution in [0.1, 0.15) is 37.3 Å². The summed E-state index contributed by atoms with van der Waals surface area (Å²) in [4.78, 5) is 11.6. The Hall–Kier alpha value is -1.51. The van der Waals surface area contributed by atoms with Gasteiger partial charge in [0.15, 0.2) is 0 Å². The van der Waals surface area contributed by atoms with Crippen molar-refractivity contribution in [2.75, 3.05) is 7.11 Å². The van der Waals surface area contributed by atoms with Gasteiger partial charge in [-0.25, -0.2) is 0 Å². The Kier molecular flexibility index (Phi) is 4.24. The van der Waals surface area contributed by atoms with E-state index in [2.05, 4.69) is 11.4 Å². The van der Waals surface area contributed by atoms with Crippen LogP contribution in [0.3, 0.4) is 0 Å². The molecule has 1 unspecified atom stereocenters. The molecule has 0 bridgehead atoms. The molecule has 1 N–H and O–H groups in total. The lowest BCUT2D eigenvalue weighted by Crippen LogP contribution is -2.38. The number of ether oxygens (including phenoxy) is 1. The van der Waals surface area contributed by atoms with E-state index in [9.17, 15) is 4.79 Å². The second kappa shape index (κ2) is 5.89. The number of carbonyl (C=O) groups is 1. The van der Waals surface area contributed by atoms with Gasteiger partial charge in [-0.3, -0.25) is 4.79 Å². The van der Waals surface area contributed by atoms with Gasteiger partial charge in [-0.15, -0.1) is 0 Å². The normalized spacial score (nSPS) is 18.0. The number of amides is 1. The van der Waals surface area contributed by atoms with E-state index in [0.717, 1.165) is 31.4 Å². The Morgan fingerprint density at radius 2 is 2.33 bits per heavy atom. The molecule has 0 saturated carbocycles. The summed E-state index contributed by atoms with van der Waals surface area (Å²) < 4.78 is 5.40. The molecule has 1 aromatic carbocycles. The van der Waals surface area contributed by atoms with Crippen LogP contribution in [0.5, 0.6) is 5.75 Å². The number of hydrogen-bond acceptors (Lipinski definition) is 2. The van der Waals surface area contributed by atoms with E-state index in [4.69, 9.17) is 4.74 Å². The van der Waals surface area contributed by atoms with Crippen LogP contribution in [0, 0.1) is 0 Å². The third-order valence-corrected chi connectivity index (χ3v) is 3.50. The van der Waals surface area contributed by atoms with Gasteiger partial charge < -0.3 is 10.1 Å². The molecule has 0 radical (unpaired) electrons. The molecular weight excluding hydrogens is 226 g/mol. The van der Waals surface area contributed by atoms with E-state index < -0.39 is 0 Å². The number of fused-ring (bicyclic) bond motifs is 1. The van der Waals surface area contributed by atoms with Crippen molar-refractivity contribution in [2.45, 2.75) is 45.1 Å². The molecule has 3 nitrogen and oxygen atoms in total. The molecule has 1 atom stereocenters. The molecule has 1 aliphatic carbocycles. The quantitative estimate of drug-likeness (QED) is 0.887. The van der Waals surface area contributed by atoms with Gasteiger partial charge in [-0.1, -0.05) is 19.1 Å². The van der Waals surface area contributed by atoms with Gasteiger partial charge in [0.2, 0.25) is 5.91 Å². The maximum Gasteiger partial charge on any atom is 0.220 e. The van der Waals surface area contributed by atoms with Crippen molar-refractivity contribution < 1.29 is 9.53 Å². The molecule has 0 saturated heterocycles. The Morgan fingerprint density at radius 1 is 1.50 bits per heavy atom. The molecule has 3 heteroatoms. The van der Waals surface area contributed by atoms with E-state index >= 15 is 0 Å². The molecule has 0 aliphatic heterocycles. The zero-order chi connectivity index (χ0) is 13.0. The fraction of sp³-hybridized carbons (Fsp3) is 0.533. The Balaban J connectivity index is 2.07. The minimum Gasteiger partial charge on any atom is -0.496 e. The van der Waals surface area contributed by atoms with Crippen molar-refractivity contribution in [1.29, 1.82) is 0 Å². The number of carbonyl (C=O) groups excluding carboxylic acids is 1. The first-order chi connectivity index (χ1) is 8.74. The average molecular weight is 247 g/mol. The largest absolute Gasteiger partial charge is 0.496 e. The lowest BCUT2D eigenvalue weighted by molar-refractivity contribution is -0.121. The van der Waals surface area contributed by atoms with Gasteiger partial charge in [0.05, 0.1) is 7.11 Å². The predicted octanol–water partition coefficient (Wildman–Crippen LogP) is 2.47. The third-order valence-electron chi connectivity index (χ3n) is 3.50. The second-order valence-electron chi connectivity index (χ2n) is 4.86. The third kappa shape index (κ3) is 2.84. The van der Waals surface area contributed by atoms with Crippen LogP contribution in [-0.4, -0.2) is 19.1 Å². The molecule has 0 spiro atoms. The highest BCUT2D eigenvalue weighted by Gasteiger charge is 2.22. The lowest BCUT2D eigenvalue weighted by atomic mass is 9.87. The molecular formula is C15H21NO2. The summed E-state index contributed by atoms with van der Waals surface area (Å²) in [6.45, 7) is 2.03. The van der Waals surface area contributed by atoms with Crippen LogP contribution >= 0.6 is 0 Å². The van der Waals surface area contributed by atoms with Gasteiger partial charge >= 0.3 is 0 Å². The van der Waals surface area contributed by atoms with E-state index in [0.29, 0.717) is 6.42 Å². The second-order valence-corrected chi connectivity index (χ2v) is 4.86. The highest BCUT2D eigenvalue weighted by molar-refractivity contribution is 5.76. The number of methoxy groups -OCH3 is 1. The Labute approximate surface area is 109 Å². The smallest absolute Gasteiger partial charge is 0.220 e. The first-order valence-corrected chi connectivity index (χ1v) is 6.68. The van der Waals surface area contributed by atoms with E-state index in [1.54, 1.807) is 7.11 Å². The van der Waals surface area contributed by atoms with Gasteiger partial charge in [0.1, 0.15) is 5.75 Å². The molecule has 1 aromatic rings. The molecule has 98 valence electrons. The fourth-order valence-corrected chi connectivity index (χ4v) is 2.60. The van der Waals surface area contributed by atoms with Crippen LogP contribution in [0.2, 0.25) is 0 Å². The molecule has 18 heavy (non-hydrogen) atoms. The SMILES string of the molecule is CCCC(=O)NC1CCc2cccc(OC)c2C1.